The van der Waals surface area contributed by atoms with Gasteiger partial charge >= 0.3 is 0 Å². The number of nitrogens with zero attached hydrogens (tertiary/aromatic N) is 4. The second kappa shape index (κ2) is 11.6. The van der Waals surface area contributed by atoms with Gasteiger partial charge in [0.25, 0.3) is 11.5 Å². The van der Waals surface area contributed by atoms with Crippen molar-refractivity contribution in [3.05, 3.63) is 87.3 Å². The number of benzene rings is 2. The van der Waals surface area contributed by atoms with Gasteiger partial charge in [0.2, 0.25) is 11.7 Å². The van der Waals surface area contributed by atoms with Crippen molar-refractivity contribution >= 4 is 24.2 Å². The van der Waals surface area contributed by atoms with Crippen LogP contribution >= 0.6 is 0 Å². The van der Waals surface area contributed by atoms with Crippen molar-refractivity contribution in [3.63, 3.8) is 0 Å². The first-order valence-corrected chi connectivity index (χ1v) is 13.5. The largest absolute Gasteiger partial charge is 0.481 e. The number of ether oxygens (including phenoxy) is 2. The lowest BCUT2D eigenvalue weighted by Crippen LogP contribution is -2.43. The molecule has 2 aliphatic heterocycles. The van der Waals surface area contributed by atoms with Gasteiger partial charge in [0.15, 0.2) is 5.69 Å². The van der Waals surface area contributed by atoms with E-state index < -0.39 is 22.9 Å². The molecular formula is C30H32FN5O5. The molecule has 3 heterocycles. The Labute approximate surface area is 236 Å². The highest BCUT2D eigenvalue weighted by Crippen LogP contribution is 2.31. The third-order valence-corrected chi connectivity index (χ3v) is 7.30. The molecule has 0 unspecified atom stereocenters. The first kappa shape index (κ1) is 28.2. The standard InChI is InChI=1S/C30H32FN5O5/c1-30(2)29-34-25(26(28(39)35(29)13-14-41-30)40-18-19-7-5-4-6-8-19)27(38)33-16-20-9-10-21(31)15-23(20)36-22(17-32-3)11-12-24(36)37/h4-10,15,22H,3,11-14,16-18H2,1-2H3,(H,33,38)/t22-/m1/s1. The first-order valence-electron chi connectivity index (χ1n) is 13.5. The van der Waals surface area contributed by atoms with E-state index in [1.807, 2.05) is 30.3 Å². The van der Waals surface area contributed by atoms with Gasteiger partial charge in [0.05, 0.1) is 31.4 Å². The van der Waals surface area contributed by atoms with Crippen molar-refractivity contribution in [2.75, 3.05) is 18.1 Å². The lowest BCUT2D eigenvalue weighted by Gasteiger charge is -2.33. The summed E-state index contributed by atoms with van der Waals surface area (Å²) in [4.78, 5) is 49.9. The molecule has 1 saturated heterocycles. The molecule has 214 valence electrons. The Bertz CT molecular complexity index is 1540. The Kier molecular flexibility index (Phi) is 7.98. The van der Waals surface area contributed by atoms with E-state index in [1.165, 1.54) is 27.7 Å². The topological polar surface area (TPSA) is 115 Å². The smallest absolute Gasteiger partial charge is 0.296 e. The number of carbonyl (C=O) groups excluding carboxylic acids is 2. The molecule has 0 radical (unpaired) electrons. The molecule has 0 aliphatic carbocycles. The SMILES string of the molecule is C=NC[C@H]1CCC(=O)N1c1cc(F)ccc1CNC(=O)c1nc2n(c(=O)c1OCc1ccccc1)CCOC2(C)C. The van der Waals surface area contributed by atoms with Gasteiger partial charge in [-0.1, -0.05) is 36.4 Å². The molecular weight excluding hydrogens is 529 g/mol. The minimum absolute atomic E-state index is 0.0510. The number of nitrogens with one attached hydrogen (secondary N) is 1. The minimum Gasteiger partial charge on any atom is -0.481 e. The van der Waals surface area contributed by atoms with Crippen LogP contribution in [0, 0.1) is 5.82 Å². The number of hydrogen-bond donors (Lipinski definition) is 1. The fraction of sp³-hybridized carbons (Fsp3) is 0.367. The van der Waals surface area contributed by atoms with Crippen LogP contribution in [0.2, 0.25) is 0 Å². The van der Waals surface area contributed by atoms with Crippen LogP contribution in [0.3, 0.4) is 0 Å². The van der Waals surface area contributed by atoms with Crippen LogP contribution in [-0.4, -0.2) is 47.3 Å². The number of carbonyl (C=O) groups is 2. The number of anilines is 1. The van der Waals surface area contributed by atoms with Crippen LogP contribution in [-0.2, 0) is 34.8 Å². The van der Waals surface area contributed by atoms with Crippen LogP contribution in [0.1, 0.15) is 54.1 Å². The van der Waals surface area contributed by atoms with Crippen molar-refractivity contribution in [1.29, 1.82) is 0 Å². The third kappa shape index (κ3) is 5.76. The summed E-state index contributed by atoms with van der Waals surface area (Å²) in [5, 5.41) is 2.79. The van der Waals surface area contributed by atoms with E-state index in [-0.39, 0.29) is 43.1 Å². The number of aromatic nitrogens is 2. The molecule has 1 aromatic heterocycles. The highest BCUT2D eigenvalue weighted by atomic mass is 19.1. The summed E-state index contributed by atoms with van der Waals surface area (Å²) < 4.78 is 27.5. The second-order valence-corrected chi connectivity index (χ2v) is 10.5. The number of halogens is 1. The monoisotopic (exact) mass is 561 g/mol. The molecule has 2 amide bonds. The number of fused-ring (bicyclic) bond motifs is 1. The lowest BCUT2D eigenvalue weighted by molar-refractivity contribution is -0.117. The Hall–Kier alpha value is -4.38. The van der Waals surface area contributed by atoms with Crippen molar-refractivity contribution < 1.29 is 23.5 Å². The molecule has 2 aliphatic rings. The Morgan fingerprint density at radius 2 is 2.02 bits per heavy atom. The van der Waals surface area contributed by atoms with Crippen molar-refractivity contribution in [2.24, 2.45) is 4.99 Å². The van der Waals surface area contributed by atoms with Gasteiger partial charge in [-0.3, -0.25) is 23.9 Å². The highest BCUT2D eigenvalue weighted by Gasteiger charge is 2.36. The van der Waals surface area contributed by atoms with Crippen molar-refractivity contribution in [3.8, 4) is 5.75 Å². The summed E-state index contributed by atoms with van der Waals surface area (Å²) in [6, 6.07) is 13.1. The first-order chi connectivity index (χ1) is 19.7. The van der Waals surface area contributed by atoms with E-state index in [0.717, 1.165) is 5.56 Å². The van der Waals surface area contributed by atoms with E-state index >= 15 is 0 Å². The maximum Gasteiger partial charge on any atom is 0.296 e. The molecule has 10 nitrogen and oxygen atoms in total. The summed E-state index contributed by atoms with van der Waals surface area (Å²) in [7, 11) is 0. The average Bonchev–Trinajstić information content (AvgIpc) is 3.32. The summed E-state index contributed by atoms with van der Waals surface area (Å²) in [6.07, 6.45) is 0.884. The Balaban J connectivity index is 1.47. The quantitative estimate of drug-likeness (QED) is 0.401. The number of rotatable bonds is 9. The van der Waals surface area contributed by atoms with E-state index in [9.17, 15) is 18.8 Å². The molecule has 0 saturated carbocycles. The summed E-state index contributed by atoms with van der Waals surface area (Å²) in [5.41, 5.74) is 0.144. The molecule has 11 heteroatoms. The average molecular weight is 562 g/mol. The predicted octanol–water partition coefficient (Wildman–Crippen LogP) is 3.35. The van der Waals surface area contributed by atoms with Crippen LogP contribution in [0.15, 0.2) is 58.3 Å². The summed E-state index contributed by atoms with van der Waals surface area (Å²) >= 11 is 0. The van der Waals surface area contributed by atoms with Crippen molar-refractivity contribution in [2.45, 2.75) is 58.0 Å². The fourth-order valence-corrected chi connectivity index (χ4v) is 5.24. The van der Waals surface area contributed by atoms with Gasteiger partial charge in [0, 0.05) is 13.0 Å². The normalized spacial score (nSPS) is 17.7. The fourth-order valence-electron chi connectivity index (χ4n) is 5.24. The number of hydrogen-bond acceptors (Lipinski definition) is 7. The molecule has 0 spiro atoms. The molecule has 0 bridgehead atoms. The summed E-state index contributed by atoms with van der Waals surface area (Å²) in [6.45, 7) is 8.01. The maximum atomic E-state index is 14.3. The molecule has 1 N–H and O–H groups in total. The van der Waals surface area contributed by atoms with Gasteiger partial charge < -0.3 is 19.7 Å². The second-order valence-electron chi connectivity index (χ2n) is 10.5. The predicted molar refractivity (Wildman–Crippen MR) is 151 cm³/mol. The van der Waals surface area contributed by atoms with Gasteiger partial charge in [-0.05, 0) is 50.2 Å². The van der Waals surface area contributed by atoms with Gasteiger partial charge in [-0.2, -0.15) is 0 Å². The maximum absolute atomic E-state index is 14.3. The van der Waals surface area contributed by atoms with E-state index in [0.29, 0.717) is 43.1 Å². The zero-order chi connectivity index (χ0) is 29.1. The van der Waals surface area contributed by atoms with E-state index in [1.54, 1.807) is 13.8 Å². The molecule has 1 atom stereocenters. The lowest BCUT2D eigenvalue weighted by atomic mass is 10.1. The van der Waals surface area contributed by atoms with Gasteiger partial charge in [0.1, 0.15) is 23.8 Å². The van der Waals surface area contributed by atoms with E-state index in [4.69, 9.17) is 9.47 Å². The van der Waals surface area contributed by atoms with Crippen LogP contribution < -0.4 is 20.5 Å². The minimum atomic E-state index is -0.904. The van der Waals surface area contributed by atoms with E-state index in [2.05, 4.69) is 22.0 Å². The molecule has 41 heavy (non-hydrogen) atoms. The highest BCUT2D eigenvalue weighted by molar-refractivity contribution is 5.97. The molecule has 3 aromatic rings. The zero-order valence-electron chi connectivity index (χ0n) is 23.1. The van der Waals surface area contributed by atoms with Crippen LogP contribution in [0.5, 0.6) is 5.75 Å². The zero-order valence-corrected chi connectivity index (χ0v) is 23.1. The van der Waals surface area contributed by atoms with Crippen LogP contribution in [0.4, 0.5) is 10.1 Å². The van der Waals surface area contributed by atoms with Crippen LogP contribution in [0.25, 0.3) is 0 Å². The Morgan fingerprint density at radius 1 is 1.24 bits per heavy atom. The third-order valence-electron chi connectivity index (χ3n) is 7.30. The van der Waals surface area contributed by atoms with Gasteiger partial charge in [-0.25, -0.2) is 9.37 Å². The molecule has 1 fully saturated rings. The summed E-state index contributed by atoms with van der Waals surface area (Å²) in [5.74, 6) is -1.17. The van der Waals surface area contributed by atoms with Gasteiger partial charge in [-0.15, -0.1) is 0 Å². The number of aliphatic imine (C=N–C) groups is 1. The van der Waals surface area contributed by atoms with Crippen molar-refractivity contribution in [1.82, 2.24) is 14.9 Å². The molecule has 2 aromatic carbocycles. The molecule has 5 rings (SSSR count). The Morgan fingerprint density at radius 3 is 2.78 bits per heavy atom. The number of amides is 2.